The number of phenolic OH excluding ortho intramolecular Hbond substituents is 1. The van der Waals surface area contributed by atoms with Gasteiger partial charge in [0.2, 0.25) is 0 Å². The summed E-state index contributed by atoms with van der Waals surface area (Å²) in [6.07, 6.45) is 5.34. The number of nitrogens with zero attached hydrogens (tertiary/aromatic N) is 3. The lowest BCUT2D eigenvalue weighted by molar-refractivity contribution is 0.0235. The molecule has 1 aromatic carbocycles. The summed E-state index contributed by atoms with van der Waals surface area (Å²) in [5.41, 5.74) is 2.55. The van der Waals surface area contributed by atoms with Gasteiger partial charge in [-0.2, -0.15) is 0 Å². The van der Waals surface area contributed by atoms with Crippen molar-refractivity contribution in [3.63, 3.8) is 0 Å². The normalized spacial score (nSPS) is 17.0. The molecule has 4 rings (SSSR count). The third-order valence-corrected chi connectivity index (χ3v) is 4.48. The number of ether oxygens (including phenoxy) is 1. The minimum absolute atomic E-state index is 0.0611. The highest BCUT2D eigenvalue weighted by molar-refractivity contribution is 5.85. The Labute approximate surface area is 140 Å². The Hall–Kier alpha value is -2.50. The molecule has 0 spiro atoms. The zero-order valence-electron chi connectivity index (χ0n) is 13.3. The number of morpholine rings is 1. The molecule has 1 saturated heterocycles. The van der Waals surface area contributed by atoms with E-state index in [0.717, 1.165) is 29.6 Å². The monoisotopic (exact) mass is 321 g/mol. The van der Waals surface area contributed by atoms with Gasteiger partial charge in [-0.25, -0.2) is 0 Å². The minimum atomic E-state index is -0.0611. The summed E-state index contributed by atoms with van der Waals surface area (Å²) in [5, 5.41) is 11.8. The van der Waals surface area contributed by atoms with E-state index >= 15 is 0 Å². The first-order chi connectivity index (χ1) is 11.8. The van der Waals surface area contributed by atoms with Gasteiger partial charge >= 0.3 is 0 Å². The maximum Gasteiger partial charge on any atom is 0.146 e. The summed E-state index contributed by atoms with van der Waals surface area (Å²) in [4.78, 5) is 10.9. The lowest BCUT2D eigenvalue weighted by atomic mass is 9.95. The highest BCUT2D eigenvalue weighted by Gasteiger charge is 2.27. The number of pyridine rings is 2. The van der Waals surface area contributed by atoms with Crippen LogP contribution >= 0.6 is 0 Å². The Morgan fingerprint density at radius 2 is 1.88 bits per heavy atom. The molecule has 3 aromatic rings. The molecule has 5 heteroatoms. The van der Waals surface area contributed by atoms with Crippen LogP contribution in [0.1, 0.15) is 17.2 Å². The van der Waals surface area contributed by atoms with Gasteiger partial charge in [0.05, 0.1) is 19.3 Å². The largest absolute Gasteiger partial charge is 0.505 e. The number of aromatic hydroxyl groups is 1. The SMILES string of the molecule is Oc1c([C@H](c2cccnc2)N2CCOCC2)ccc2cccnc12. The second-order valence-corrected chi connectivity index (χ2v) is 5.92. The summed E-state index contributed by atoms with van der Waals surface area (Å²) < 4.78 is 5.49. The molecule has 122 valence electrons. The van der Waals surface area contributed by atoms with Crippen LogP contribution in [-0.4, -0.2) is 46.3 Å². The quantitative estimate of drug-likeness (QED) is 0.804. The van der Waals surface area contributed by atoms with Crippen LogP contribution in [0.5, 0.6) is 5.75 Å². The van der Waals surface area contributed by atoms with Gasteiger partial charge in [0, 0.05) is 42.6 Å². The Balaban J connectivity index is 1.85. The minimum Gasteiger partial charge on any atom is -0.505 e. The molecule has 0 unspecified atom stereocenters. The lowest BCUT2D eigenvalue weighted by Gasteiger charge is -2.35. The molecule has 0 saturated carbocycles. The number of hydrogen-bond donors (Lipinski definition) is 1. The van der Waals surface area contributed by atoms with E-state index in [1.165, 1.54) is 0 Å². The van der Waals surface area contributed by atoms with Crippen molar-refractivity contribution < 1.29 is 9.84 Å². The second-order valence-electron chi connectivity index (χ2n) is 5.92. The Kier molecular flexibility index (Phi) is 4.11. The summed E-state index contributed by atoms with van der Waals surface area (Å²) in [6, 6.07) is 11.8. The highest BCUT2D eigenvalue weighted by atomic mass is 16.5. The maximum absolute atomic E-state index is 10.9. The standard InChI is InChI=1S/C19H19N3O2/c23-19-16(6-5-14-3-2-8-21-17(14)19)18(15-4-1-7-20-13-15)22-9-11-24-12-10-22/h1-8,13,18,23H,9-12H2/t18-/m0/s1. The molecular weight excluding hydrogens is 302 g/mol. The predicted octanol–water partition coefficient (Wildman–Crippen LogP) is 2.76. The van der Waals surface area contributed by atoms with Gasteiger partial charge in [0.25, 0.3) is 0 Å². The predicted molar refractivity (Wildman–Crippen MR) is 91.9 cm³/mol. The van der Waals surface area contributed by atoms with Crippen molar-refractivity contribution in [1.29, 1.82) is 0 Å². The van der Waals surface area contributed by atoms with Crippen molar-refractivity contribution in [2.24, 2.45) is 0 Å². The van der Waals surface area contributed by atoms with Crippen LogP contribution < -0.4 is 0 Å². The van der Waals surface area contributed by atoms with Crippen LogP contribution in [0.2, 0.25) is 0 Å². The molecule has 0 radical (unpaired) electrons. The van der Waals surface area contributed by atoms with Gasteiger partial charge in [-0.15, -0.1) is 0 Å². The van der Waals surface area contributed by atoms with Crippen LogP contribution in [0.15, 0.2) is 55.0 Å². The van der Waals surface area contributed by atoms with Crippen LogP contribution in [-0.2, 0) is 4.74 Å². The second kappa shape index (κ2) is 6.55. The Morgan fingerprint density at radius 1 is 1.04 bits per heavy atom. The molecule has 1 atom stereocenters. The van der Waals surface area contributed by atoms with Gasteiger partial charge in [-0.1, -0.05) is 24.3 Å². The molecule has 1 aliphatic heterocycles. The smallest absolute Gasteiger partial charge is 0.146 e. The zero-order chi connectivity index (χ0) is 16.4. The van der Waals surface area contributed by atoms with Gasteiger partial charge in [0.1, 0.15) is 11.3 Å². The van der Waals surface area contributed by atoms with E-state index in [0.29, 0.717) is 18.7 Å². The summed E-state index contributed by atoms with van der Waals surface area (Å²) in [5.74, 6) is 0.244. The molecule has 5 nitrogen and oxygen atoms in total. The van der Waals surface area contributed by atoms with E-state index in [2.05, 4.69) is 20.9 Å². The van der Waals surface area contributed by atoms with Crippen molar-refractivity contribution in [1.82, 2.24) is 14.9 Å². The van der Waals surface area contributed by atoms with E-state index in [4.69, 9.17) is 4.74 Å². The molecule has 0 amide bonds. The fourth-order valence-electron chi connectivity index (χ4n) is 3.33. The van der Waals surface area contributed by atoms with Crippen molar-refractivity contribution in [3.05, 3.63) is 66.1 Å². The number of aromatic nitrogens is 2. The van der Waals surface area contributed by atoms with Crippen molar-refractivity contribution in [2.75, 3.05) is 26.3 Å². The fourth-order valence-corrected chi connectivity index (χ4v) is 3.33. The number of fused-ring (bicyclic) bond motifs is 1. The summed E-state index contributed by atoms with van der Waals surface area (Å²) >= 11 is 0. The molecule has 2 aromatic heterocycles. The first-order valence-electron chi connectivity index (χ1n) is 8.13. The third kappa shape index (κ3) is 2.72. The molecular formula is C19H19N3O2. The highest BCUT2D eigenvalue weighted by Crippen LogP contribution is 2.37. The molecule has 0 aliphatic carbocycles. The molecule has 1 N–H and O–H groups in total. The van der Waals surface area contributed by atoms with Crippen molar-refractivity contribution in [2.45, 2.75) is 6.04 Å². The Bertz CT molecular complexity index is 832. The maximum atomic E-state index is 10.9. The first-order valence-corrected chi connectivity index (χ1v) is 8.13. The summed E-state index contributed by atoms with van der Waals surface area (Å²) in [6.45, 7) is 3.03. The van der Waals surface area contributed by atoms with Crippen LogP contribution in [0, 0.1) is 0 Å². The van der Waals surface area contributed by atoms with E-state index in [1.54, 1.807) is 12.4 Å². The zero-order valence-corrected chi connectivity index (χ0v) is 13.3. The molecule has 0 bridgehead atoms. The molecule has 24 heavy (non-hydrogen) atoms. The number of hydrogen-bond acceptors (Lipinski definition) is 5. The Morgan fingerprint density at radius 3 is 2.67 bits per heavy atom. The van der Waals surface area contributed by atoms with Crippen molar-refractivity contribution in [3.8, 4) is 5.75 Å². The van der Waals surface area contributed by atoms with E-state index in [1.807, 2.05) is 36.5 Å². The molecule has 3 heterocycles. The third-order valence-electron chi connectivity index (χ3n) is 4.48. The van der Waals surface area contributed by atoms with E-state index in [-0.39, 0.29) is 11.8 Å². The van der Waals surface area contributed by atoms with Crippen LogP contribution in [0.3, 0.4) is 0 Å². The number of phenols is 1. The molecule has 1 fully saturated rings. The van der Waals surface area contributed by atoms with Gasteiger partial charge < -0.3 is 9.84 Å². The fraction of sp³-hybridized carbons (Fsp3) is 0.263. The number of benzene rings is 1. The average Bonchev–Trinajstić information content (AvgIpc) is 2.66. The summed E-state index contributed by atoms with van der Waals surface area (Å²) in [7, 11) is 0. The van der Waals surface area contributed by atoms with Crippen molar-refractivity contribution >= 4 is 10.9 Å². The molecule has 1 aliphatic rings. The van der Waals surface area contributed by atoms with Gasteiger partial charge in [-0.3, -0.25) is 14.9 Å². The van der Waals surface area contributed by atoms with Crippen LogP contribution in [0.25, 0.3) is 10.9 Å². The van der Waals surface area contributed by atoms with Crippen LogP contribution in [0.4, 0.5) is 0 Å². The van der Waals surface area contributed by atoms with Gasteiger partial charge in [0.15, 0.2) is 0 Å². The average molecular weight is 321 g/mol. The lowest BCUT2D eigenvalue weighted by Crippen LogP contribution is -2.39. The number of rotatable bonds is 3. The topological polar surface area (TPSA) is 58.5 Å². The van der Waals surface area contributed by atoms with E-state index < -0.39 is 0 Å². The van der Waals surface area contributed by atoms with Gasteiger partial charge in [-0.05, 0) is 17.7 Å². The van der Waals surface area contributed by atoms with E-state index in [9.17, 15) is 5.11 Å². The first kappa shape index (κ1) is 15.1.